The Morgan fingerprint density at radius 2 is 1.94 bits per heavy atom. The Bertz CT molecular complexity index is 491. The summed E-state index contributed by atoms with van der Waals surface area (Å²) in [6, 6.07) is 0. The van der Waals surface area contributed by atoms with Crippen LogP contribution in [0.1, 0.15) is 0 Å². The fourth-order valence-electron chi connectivity index (χ4n) is 1.61. The molecule has 0 radical (unpaired) electrons. The molecule has 2 aliphatic rings. The van der Waals surface area contributed by atoms with E-state index in [4.69, 9.17) is 15.5 Å². The van der Waals surface area contributed by atoms with E-state index in [0.717, 1.165) is 0 Å². The van der Waals surface area contributed by atoms with Crippen molar-refractivity contribution in [1.29, 1.82) is 0 Å². The van der Waals surface area contributed by atoms with Gasteiger partial charge < -0.3 is 11.1 Å². The van der Waals surface area contributed by atoms with E-state index in [9.17, 15) is 9.59 Å². The van der Waals surface area contributed by atoms with Crippen molar-refractivity contribution in [3.8, 4) is 0 Å². The van der Waals surface area contributed by atoms with Crippen LogP contribution in [0.25, 0.3) is 0 Å². The minimum Gasteiger partial charge on any atom is -0.400 e. The number of nitrogens with one attached hydrogen (secondary N) is 2. The zero-order valence-corrected chi connectivity index (χ0v) is 9.78. The van der Waals surface area contributed by atoms with Crippen LogP contribution in [-0.4, -0.2) is 32.1 Å². The summed E-state index contributed by atoms with van der Waals surface area (Å²) in [4.78, 5) is 32.8. The number of likely N-dealkylation sites (N-methyl/N-ethyl adjacent to an activating group) is 1. The highest BCUT2D eigenvalue weighted by molar-refractivity contribution is 6.15. The molecule has 7 nitrogen and oxygen atoms in total. The first-order valence-electron chi connectivity index (χ1n) is 5.30. The van der Waals surface area contributed by atoms with E-state index in [0.29, 0.717) is 22.5 Å². The Morgan fingerprint density at radius 1 is 1.22 bits per heavy atom. The summed E-state index contributed by atoms with van der Waals surface area (Å²) in [5.41, 5.74) is 7.29. The molecule has 4 N–H and O–H groups in total. The Morgan fingerprint density at radius 3 is 2.67 bits per heavy atom. The Kier molecular flexibility index (Phi) is 3.45. The van der Waals surface area contributed by atoms with Crippen molar-refractivity contribution in [1.82, 2.24) is 10.6 Å². The largest absolute Gasteiger partial charge is 0.400 e. The van der Waals surface area contributed by atoms with Gasteiger partial charge >= 0.3 is 0 Å². The first-order chi connectivity index (χ1) is 8.61. The summed E-state index contributed by atoms with van der Waals surface area (Å²) in [6.45, 7) is 0.227. The van der Waals surface area contributed by atoms with Gasteiger partial charge in [0.1, 0.15) is 18.9 Å². The quantitative estimate of drug-likeness (QED) is 0.309. The van der Waals surface area contributed by atoms with Crippen LogP contribution in [0, 0.1) is 0 Å². The van der Waals surface area contributed by atoms with Gasteiger partial charge in [-0.1, -0.05) is 0 Å². The van der Waals surface area contributed by atoms with Crippen molar-refractivity contribution in [3.05, 3.63) is 34.7 Å². The van der Waals surface area contributed by atoms with Crippen molar-refractivity contribution in [2.75, 3.05) is 20.3 Å². The maximum Gasteiger partial charge on any atom is 0.274 e. The number of amides is 2. The van der Waals surface area contributed by atoms with E-state index in [-0.39, 0.29) is 13.2 Å². The molecule has 0 atom stereocenters. The molecule has 0 bridgehead atoms. The highest BCUT2D eigenvalue weighted by Gasteiger charge is 2.24. The second kappa shape index (κ2) is 5.03. The molecule has 0 aliphatic carbocycles. The number of imide groups is 1. The maximum atomic E-state index is 11.8. The molecule has 7 heteroatoms. The third kappa shape index (κ3) is 2.41. The van der Waals surface area contributed by atoms with Crippen LogP contribution in [0.2, 0.25) is 0 Å². The van der Waals surface area contributed by atoms with Gasteiger partial charge in [-0.05, 0) is 17.7 Å². The van der Waals surface area contributed by atoms with Gasteiger partial charge in [0, 0.05) is 18.3 Å². The van der Waals surface area contributed by atoms with E-state index in [1.54, 1.807) is 13.1 Å². The summed E-state index contributed by atoms with van der Waals surface area (Å²) in [6.07, 6.45) is 3.08. The normalized spacial score (nSPS) is 24.9. The minimum atomic E-state index is -0.483. The van der Waals surface area contributed by atoms with E-state index in [2.05, 4.69) is 10.6 Å². The summed E-state index contributed by atoms with van der Waals surface area (Å²) in [7, 11) is 1.60. The molecule has 0 aromatic rings. The highest BCUT2D eigenvalue weighted by atomic mass is 17.2. The Hall–Kier alpha value is -2.12. The first kappa shape index (κ1) is 12.3. The third-order valence-electron chi connectivity index (χ3n) is 2.50. The number of hydrogen-bond acceptors (Lipinski definition) is 6. The van der Waals surface area contributed by atoms with E-state index in [1.807, 2.05) is 0 Å². The van der Waals surface area contributed by atoms with Gasteiger partial charge in [-0.3, -0.25) is 14.9 Å². The second-order valence-corrected chi connectivity index (χ2v) is 3.77. The van der Waals surface area contributed by atoms with Crippen LogP contribution in [0.5, 0.6) is 0 Å². The average molecular weight is 251 g/mol. The van der Waals surface area contributed by atoms with Crippen molar-refractivity contribution in [3.63, 3.8) is 0 Å². The van der Waals surface area contributed by atoms with Gasteiger partial charge in [0.25, 0.3) is 11.8 Å². The fourth-order valence-corrected chi connectivity index (χ4v) is 1.61. The van der Waals surface area contributed by atoms with Gasteiger partial charge in [-0.25, -0.2) is 9.78 Å². The Balaban J connectivity index is 2.46. The first-order valence-corrected chi connectivity index (χ1v) is 5.30. The summed E-state index contributed by atoms with van der Waals surface area (Å²) in [5, 5.41) is 4.94. The Labute approximate surface area is 103 Å². The second-order valence-electron chi connectivity index (χ2n) is 3.77. The smallest absolute Gasteiger partial charge is 0.274 e. The van der Waals surface area contributed by atoms with Crippen LogP contribution < -0.4 is 16.4 Å². The standard InChI is InChI=1S/C11H13N3O4/c1-13-9-3-8(10(15)14-11(9)16)6-2-7(12)5-18-17-4-6/h2-3,13H,4-5,12H2,1H3,(H,14,15,16)/b8-6+. The van der Waals surface area contributed by atoms with Crippen molar-refractivity contribution in [2.45, 2.75) is 0 Å². The number of hydrogen-bond donors (Lipinski definition) is 3. The lowest BCUT2D eigenvalue weighted by Gasteiger charge is -2.16. The van der Waals surface area contributed by atoms with Crippen LogP contribution >= 0.6 is 0 Å². The van der Waals surface area contributed by atoms with Crippen LogP contribution in [0.3, 0.4) is 0 Å². The lowest BCUT2D eigenvalue weighted by atomic mass is 10.0. The average Bonchev–Trinajstić information content (AvgIpc) is 2.54. The van der Waals surface area contributed by atoms with E-state index < -0.39 is 11.8 Å². The molecular weight excluding hydrogens is 238 g/mol. The summed E-state index contributed by atoms with van der Waals surface area (Å²) in [5.74, 6) is -0.946. The number of nitrogens with two attached hydrogens (primary N) is 1. The van der Waals surface area contributed by atoms with Gasteiger partial charge in [0.15, 0.2) is 0 Å². The molecule has 2 heterocycles. The monoisotopic (exact) mass is 251 g/mol. The van der Waals surface area contributed by atoms with Crippen LogP contribution in [-0.2, 0) is 19.4 Å². The highest BCUT2D eigenvalue weighted by Crippen LogP contribution is 2.17. The molecule has 96 valence electrons. The number of carbonyl (C=O) groups excluding carboxylic acids is 2. The molecule has 2 amide bonds. The zero-order chi connectivity index (χ0) is 13.1. The zero-order valence-electron chi connectivity index (χ0n) is 9.78. The van der Waals surface area contributed by atoms with Crippen LogP contribution in [0.4, 0.5) is 0 Å². The lowest BCUT2D eigenvalue weighted by Crippen LogP contribution is -2.40. The molecule has 18 heavy (non-hydrogen) atoms. The molecule has 0 saturated heterocycles. The van der Waals surface area contributed by atoms with Crippen molar-refractivity contribution < 1.29 is 19.4 Å². The SMILES string of the molecule is CNC1=C/C(=C2/C=C(N)COOC2)C(=O)NC1=O. The third-order valence-corrected chi connectivity index (χ3v) is 2.50. The van der Waals surface area contributed by atoms with Gasteiger partial charge in [-0.15, -0.1) is 0 Å². The van der Waals surface area contributed by atoms with Gasteiger partial charge in [0.2, 0.25) is 0 Å². The van der Waals surface area contributed by atoms with Crippen molar-refractivity contribution >= 4 is 11.8 Å². The summed E-state index contributed by atoms with van der Waals surface area (Å²) >= 11 is 0. The molecule has 0 unspecified atom stereocenters. The lowest BCUT2D eigenvalue weighted by molar-refractivity contribution is -0.278. The molecule has 2 aliphatic heterocycles. The van der Waals surface area contributed by atoms with E-state index >= 15 is 0 Å². The summed E-state index contributed by atoms with van der Waals surface area (Å²) < 4.78 is 0. The van der Waals surface area contributed by atoms with Gasteiger partial charge in [-0.2, -0.15) is 0 Å². The topological polar surface area (TPSA) is 103 Å². The number of rotatable bonds is 1. The predicted molar refractivity (Wildman–Crippen MR) is 61.5 cm³/mol. The predicted octanol–water partition coefficient (Wildman–Crippen LogP) is -1.15. The molecule has 0 spiro atoms. The van der Waals surface area contributed by atoms with Gasteiger partial charge in [0.05, 0.1) is 0 Å². The van der Waals surface area contributed by atoms with Crippen molar-refractivity contribution in [2.24, 2.45) is 5.73 Å². The minimum absolute atomic E-state index is 0.0884. The number of carbonyl (C=O) groups is 2. The molecule has 0 fully saturated rings. The molecular formula is C11H13N3O4. The fraction of sp³-hybridized carbons (Fsp3) is 0.273. The molecule has 0 saturated carbocycles. The maximum absolute atomic E-state index is 11.8. The van der Waals surface area contributed by atoms with E-state index in [1.165, 1.54) is 6.08 Å². The van der Waals surface area contributed by atoms with Crippen LogP contribution in [0.15, 0.2) is 34.7 Å². The molecule has 0 aromatic heterocycles. The molecule has 2 rings (SSSR count). The molecule has 0 aromatic carbocycles.